The second kappa shape index (κ2) is 7.79. The molecule has 0 aliphatic heterocycles. The van der Waals surface area contributed by atoms with Crippen molar-refractivity contribution in [3.05, 3.63) is 71.8 Å². The van der Waals surface area contributed by atoms with Crippen LogP contribution in [-0.2, 0) is 14.8 Å². The maximum absolute atomic E-state index is 12.0. The molecule has 0 saturated carbocycles. The second-order valence-corrected chi connectivity index (χ2v) is 7.22. The minimum absolute atomic E-state index is 0.215. The van der Waals surface area contributed by atoms with Crippen LogP contribution in [0, 0.1) is 0 Å². The standard InChI is InChI=1S/C18H20N2O3S/c1-14(16-9-6-10-17(13-16)20-24(2,22)23)19-18(21)12-11-15-7-4-3-5-8-15/h3-14,20H,1-2H3,(H,19,21)/b12-11-/t14-/m1/s1. The molecule has 0 aromatic heterocycles. The lowest BCUT2D eigenvalue weighted by Gasteiger charge is -2.14. The molecule has 1 atom stereocenters. The second-order valence-electron chi connectivity index (χ2n) is 5.47. The van der Waals surface area contributed by atoms with Gasteiger partial charge in [0.1, 0.15) is 0 Å². The molecule has 0 radical (unpaired) electrons. The Bertz CT molecular complexity index is 830. The SMILES string of the molecule is C[C@@H](NC(=O)/C=C\c1ccccc1)c1cccc(NS(C)(=O)=O)c1. The molecule has 1 amide bonds. The van der Waals surface area contributed by atoms with E-state index in [1.54, 1.807) is 24.3 Å². The van der Waals surface area contributed by atoms with Gasteiger partial charge in [0.2, 0.25) is 15.9 Å². The molecule has 0 bridgehead atoms. The third-order valence-electron chi connectivity index (χ3n) is 3.28. The minimum Gasteiger partial charge on any atom is -0.346 e. The summed E-state index contributed by atoms with van der Waals surface area (Å²) < 4.78 is 25.0. The first-order valence-electron chi connectivity index (χ1n) is 7.45. The Balaban J connectivity index is 2.01. The van der Waals surface area contributed by atoms with Crippen LogP contribution in [0.5, 0.6) is 0 Å². The lowest BCUT2D eigenvalue weighted by molar-refractivity contribution is -0.117. The zero-order valence-corrected chi connectivity index (χ0v) is 14.4. The van der Waals surface area contributed by atoms with Gasteiger partial charge in [0.15, 0.2) is 0 Å². The van der Waals surface area contributed by atoms with E-state index in [9.17, 15) is 13.2 Å². The summed E-state index contributed by atoms with van der Waals surface area (Å²) in [7, 11) is -3.33. The van der Waals surface area contributed by atoms with Crippen LogP contribution in [0.25, 0.3) is 6.08 Å². The Morgan fingerprint density at radius 3 is 2.46 bits per heavy atom. The molecule has 0 aliphatic carbocycles. The first-order chi connectivity index (χ1) is 11.3. The molecule has 6 heteroatoms. The number of carbonyl (C=O) groups excluding carboxylic acids is 1. The van der Waals surface area contributed by atoms with Gasteiger partial charge in [0.05, 0.1) is 12.3 Å². The highest BCUT2D eigenvalue weighted by Gasteiger charge is 2.09. The van der Waals surface area contributed by atoms with Gasteiger partial charge in [0.25, 0.3) is 0 Å². The molecule has 2 N–H and O–H groups in total. The van der Waals surface area contributed by atoms with Gasteiger partial charge < -0.3 is 5.32 Å². The third kappa shape index (κ3) is 5.89. The number of benzene rings is 2. The Hall–Kier alpha value is -2.60. The van der Waals surface area contributed by atoms with E-state index in [0.717, 1.165) is 17.4 Å². The fourth-order valence-electron chi connectivity index (χ4n) is 2.17. The summed E-state index contributed by atoms with van der Waals surface area (Å²) in [5, 5.41) is 2.85. The van der Waals surface area contributed by atoms with Crippen molar-refractivity contribution < 1.29 is 13.2 Å². The molecule has 126 valence electrons. The van der Waals surface area contributed by atoms with Crippen LogP contribution in [0.2, 0.25) is 0 Å². The van der Waals surface area contributed by atoms with Crippen LogP contribution in [0.15, 0.2) is 60.7 Å². The number of hydrogen-bond acceptors (Lipinski definition) is 3. The van der Waals surface area contributed by atoms with E-state index in [0.29, 0.717) is 5.69 Å². The highest BCUT2D eigenvalue weighted by Crippen LogP contribution is 2.18. The van der Waals surface area contributed by atoms with E-state index in [1.165, 1.54) is 6.08 Å². The first kappa shape index (κ1) is 17.7. The van der Waals surface area contributed by atoms with Crippen LogP contribution >= 0.6 is 0 Å². The zero-order chi connectivity index (χ0) is 17.6. The highest BCUT2D eigenvalue weighted by molar-refractivity contribution is 7.92. The quantitative estimate of drug-likeness (QED) is 0.791. The summed E-state index contributed by atoms with van der Waals surface area (Å²) in [5.74, 6) is -0.215. The van der Waals surface area contributed by atoms with Crippen LogP contribution < -0.4 is 10.0 Å². The van der Waals surface area contributed by atoms with E-state index in [4.69, 9.17) is 0 Å². The van der Waals surface area contributed by atoms with E-state index in [2.05, 4.69) is 10.0 Å². The number of carbonyl (C=O) groups is 1. The van der Waals surface area contributed by atoms with Gasteiger partial charge in [-0.25, -0.2) is 8.42 Å². The molecule has 0 heterocycles. The molecule has 2 aromatic rings. The Morgan fingerprint density at radius 2 is 1.79 bits per heavy atom. The van der Waals surface area contributed by atoms with E-state index in [-0.39, 0.29) is 11.9 Å². The summed E-state index contributed by atoms with van der Waals surface area (Å²) in [4.78, 5) is 12.0. The van der Waals surface area contributed by atoms with E-state index >= 15 is 0 Å². The lowest BCUT2D eigenvalue weighted by atomic mass is 10.1. The van der Waals surface area contributed by atoms with Crippen molar-refractivity contribution in [2.45, 2.75) is 13.0 Å². The number of rotatable bonds is 6. The van der Waals surface area contributed by atoms with Crippen molar-refractivity contribution in [1.29, 1.82) is 0 Å². The number of hydrogen-bond donors (Lipinski definition) is 2. The maximum atomic E-state index is 12.0. The van der Waals surface area contributed by atoms with Gasteiger partial charge in [-0.05, 0) is 36.3 Å². The van der Waals surface area contributed by atoms with Gasteiger partial charge in [-0.3, -0.25) is 9.52 Å². The van der Waals surface area contributed by atoms with E-state index in [1.807, 2.05) is 43.3 Å². The van der Waals surface area contributed by atoms with Gasteiger partial charge in [-0.1, -0.05) is 42.5 Å². The van der Waals surface area contributed by atoms with Crippen molar-refractivity contribution in [3.63, 3.8) is 0 Å². The summed E-state index contributed by atoms with van der Waals surface area (Å²) in [5.41, 5.74) is 2.22. The topological polar surface area (TPSA) is 75.3 Å². The Kier molecular flexibility index (Phi) is 5.76. The largest absolute Gasteiger partial charge is 0.346 e. The highest BCUT2D eigenvalue weighted by atomic mass is 32.2. The monoisotopic (exact) mass is 344 g/mol. The summed E-state index contributed by atoms with van der Waals surface area (Å²) in [6, 6.07) is 16.2. The van der Waals surface area contributed by atoms with Crippen molar-refractivity contribution in [2.75, 3.05) is 11.0 Å². The minimum atomic E-state index is -3.33. The molecule has 0 aliphatic rings. The number of sulfonamides is 1. The molecule has 0 saturated heterocycles. The van der Waals surface area contributed by atoms with Crippen LogP contribution in [0.4, 0.5) is 5.69 Å². The molecule has 5 nitrogen and oxygen atoms in total. The molecule has 0 fully saturated rings. The normalized spacial score (nSPS) is 12.8. The number of nitrogens with one attached hydrogen (secondary N) is 2. The Labute approximate surface area is 142 Å². The predicted molar refractivity (Wildman–Crippen MR) is 96.9 cm³/mol. The van der Waals surface area contributed by atoms with Gasteiger partial charge in [0, 0.05) is 11.8 Å². The van der Waals surface area contributed by atoms with Gasteiger partial charge in [-0.15, -0.1) is 0 Å². The molecule has 24 heavy (non-hydrogen) atoms. The smallest absolute Gasteiger partial charge is 0.244 e. The Morgan fingerprint density at radius 1 is 1.08 bits per heavy atom. The maximum Gasteiger partial charge on any atom is 0.244 e. The molecular formula is C18H20N2O3S. The van der Waals surface area contributed by atoms with Crippen LogP contribution in [-0.4, -0.2) is 20.6 Å². The third-order valence-corrected chi connectivity index (χ3v) is 3.88. The predicted octanol–water partition coefficient (Wildman–Crippen LogP) is 2.95. The van der Waals surface area contributed by atoms with E-state index < -0.39 is 10.0 Å². The van der Waals surface area contributed by atoms with Crippen molar-refractivity contribution in [1.82, 2.24) is 5.32 Å². The lowest BCUT2D eigenvalue weighted by Crippen LogP contribution is -2.24. The molecule has 2 aromatic carbocycles. The van der Waals surface area contributed by atoms with Crippen molar-refractivity contribution in [3.8, 4) is 0 Å². The van der Waals surface area contributed by atoms with Crippen molar-refractivity contribution >= 4 is 27.7 Å². The average molecular weight is 344 g/mol. The average Bonchev–Trinajstić information content (AvgIpc) is 2.52. The van der Waals surface area contributed by atoms with Crippen LogP contribution in [0.1, 0.15) is 24.1 Å². The molecule has 0 spiro atoms. The summed E-state index contributed by atoms with van der Waals surface area (Å²) in [6.07, 6.45) is 4.31. The van der Waals surface area contributed by atoms with Gasteiger partial charge in [-0.2, -0.15) is 0 Å². The fourth-order valence-corrected chi connectivity index (χ4v) is 2.72. The van der Waals surface area contributed by atoms with Crippen molar-refractivity contribution in [2.24, 2.45) is 0 Å². The zero-order valence-electron chi connectivity index (χ0n) is 13.6. The number of amides is 1. The fraction of sp³-hybridized carbons (Fsp3) is 0.167. The molecular weight excluding hydrogens is 324 g/mol. The first-order valence-corrected chi connectivity index (χ1v) is 9.34. The van der Waals surface area contributed by atoms with Gasteiger partial charge >= 0.3 is 0 Å². The van der Waals surface area contributed by atoms with Crippen LogP contribution in [0.3, 0.4) is 0 Å². The molecule has 0 unspecified atom stereocenters. The summed E-state index contributed by atoms with van der Waals surface area (Å²) >= 11 is 0. The summed E-state index contributed by atoms with van der Waals surface area (Å²) in [6.45, 7) is 1.84. The molecule has 2 rings (SSSR count). The number of anilines is 1.